The van der Waals surface area contributed by atoms with Gasteiger partial charge in [0.1, 0.15) is 0 Å². The minimum atomic E-state index is 0.298. The molecule has 0 atom stereocenters. The zero-order chi connectivity index (χ0) is 16.4. The second kappa shape index (κ2) is 6.09. The lowest BCUT2D eigenvalue weighted by atomic mass is 10.2. The average molecular weight is 340 g/mol. The van der Waals surface area contributed by atoms with E-state index in [1.807, 2.05) is 36.4 Å². The summed E-state index contributed by atoms with van der Waals surface area (Å²) in [5, 5.41) is 25.5. The van der Waals surface area contributed by atoms with Crippen molar-refractivity contribution < 1.29 is 4.42 Å². The van der Waals surface area contributed by atoms with E-state index in [4.69, 9.17) is 16.0 Å². The van der Waals surface area contributed by atoms with Gasteiger partial charge in [0, 0.05) is 21.8 Å². The molecular weight excluding hydrogens is 330 g/mol. The van der Waals surface area contributed by atoms with Gasteiger partial charge < -0.3 is 9.73 Å². The molecule has 0 radical (unpaired) electrons. The molecule has 0 aliphatic rings. The molecule has 118 valence electrons. The van der Waals surface area contributed by atoms with E-state index in [-0.39, 0.29) is 0 Å². The molecule has 24 heavy (non-hydrogen) atoms. The highest BCUT2D eigenvalue weighted by Gasteiger charge is 2.09. The summed E-state index contributed by atoms with van der Waals surface area (Å²) in [4.78, 5) is 0. The molecule has 4 rings (SSSR count). The number of nitrogens with zero attached hydrogens (tertiary/aromatic N) is 5. The maximum Gasteiger partial charge on any atom is 0.320 e. The van der Waals surface area contributed by atoms with E-state index >= 15 is 0 Å². The predicted octanol–water partition coefficient (Wildman–Crippen LogP) is 3.31. The molecule has 0 saturated heterocycles. The van der Waals surface area contributed by atoms with Crippen LogP contribution >= 0.6 is 11.6 Å². The van der Waals surface area contributed by atoms with Crippen LogP contribution in [-0.2, 0) is 0 Å². The first-order valence-corrected chi connectivity index (χ1v) is 7.36. The molecule has 0 saturated carbocycles. The first-order chi connectivity index (χ1) is 11.8. The Balaban J connectivity index is 1.50. The normalized spacial score (nSPS) is 10.7. The van der Waals surface area contributed by atoms with Gasteiger partial charge in [-0.3, -0.25) is 0 Å². The Morgan fingerprint density at radius 1 is 0.875 bits per heavy atom. The fraction of sp³-hybridized carbons (Fsp3) is 0. The van der Waals surface area contributed by atoms with Crippen LogP contribution < -0.4 is 5.32 Å². The largest absolute Gasteiger partial charge is 0.403 e. The van der Waals surface area contributed by atoms with E-state index < -0.39 is 0 Å². The molecule has 0 spiro atoms. The first kappa shape index (κ1) is 14.3. The summed E-state index contributed by atoms with van der Waals surface area (Å²) < 4.78 is 5.60. The second-order valence-electron chi connectivity index (χ2n) is 4.86. The highest BCUT2D eigenvalue weighted by Crippen LogP contribution is 2.24. The minimum Gasteiger partial charge on any atom is -0.403 e. The highest BCUT2D eigenvalue weighted by molar-refractivity contribution is 6.30. The van der Waals surface area contributed by atoms with E-state index in [1.165, 1.54) is 0 Å². The number of tetrazole rings is 1. The van der Waals surface area contributed by atoms with Crippen molar-refractivity contribution in [2.45, 2.75) is 0 Å². The molecule has 2 N–H and O–H groups in total. The van der Waals surface area contributed by atoms with E-state index in [2.05, 4.69) is 36.1 Å². The highest BCUT2D eigenvalue weighted by atomic mass is 35.5. The molecule has 0 bridgehead atoms. The van der Waals surface area contributed by atoms with Crippen molar-refractivity contribution in [1.82, 2.24) is 30.8 Å². The van der Waals surface area contributed by atoms with E-state index in [9.17, 15) is 0 Å². The van der Waals surface area contributed by atoms with Crippen LogP contribution in [0.2, 0.25) is 5.02 Å². The third-order valence-corrected chi connectivity index (χ3v) is 3.51. The summed E-state index contributed by atoms with van der Waals surface area (Å²) >= 11 is 5.87. The molecule has 9 heteroatoms. The summed E-state index contributed by atoms with van der Waals surface area (Å²) in [5.41, 5.74) is 2.45. The Hall–Kier alpha value is -3.26. The zero-order valence-electron chi connectivity index (χ0n) is 12.1. The number of hydrogen-bond donors (Lipinski definition) is 2. The number of H-pyrrole nitrogens is 1. The Morgan fingerprint density at radius 2 is 1.62 bits per heavy atom. The summed E-state index contributed by atoms with van der Waals surface area (Å²) in [5.74, 6) is 0.946. The van der Waals surface area contributed by atoms with Crippen molar-refractivity contribution in [3.63, 3.8) is 0 Å². The molecule has 8 nitrogen and oxygen atoms in total. The molecule has 0 unspecified atom stereocenters. The third-order valence-electron chi connectivity index (χ3n) is 3.26. The smallest absolute Gasteiger partial charge is 0.320 e. The second-order valence-corrected chi connectivity index (χ2v) is 5.29. The van der Waals surface area contributed by atoms with Gasteiger partial charge in [-0.15, -0.1) is 15.3 Å². The quantitative estimate of drug-likeness (QED) is 0.587. The van der Waals surface area contributed by atoms with Crippen molar-refractivity contribution in [2.75, 3.05) is 5.32 Å². The molecule has 4 aromatic rings. The summed E-state index contributed by atoms with van der Waals surface area (Å²) in [6.07, 6.45) is 0. The van der Waals surface area contributed by atoms with E-state index in [0.717, 1.165) is 16.8 Å². The van der Waals surface area contributed by atoms with Crippen molar-refractivity contribution >= 4 is 23.3 Å². The fourth-order valence-electron chi connectivity index (χ4n) is 2.09. The average Bonchev–Trinajstić information content (AvgIpc) is 3.28. The Kier molecular flexibility index (Phi) is 3.64. The van der Waals surface area contributed by atoms with Crippen LogP contribution in [-0.4, -0.2) is 30.8 Å². The Labute approximate surface area is 140 Å². The molecule has 0 amide bonds. The minimum absolute atomic E-state index is 0.298. The lowest BCUT2D eigenvalue weighted by Crippen LogP contribution is -1.90. The van der Waals surface area contributed by atoms with Crippen molar-refractivity contribution in [2.24, 2.45) is 0 Å². The molecule has 0 aliphatic carbocycles. The van der Waals surface area contributed by atoms with Gasteiger partial charge >= 0.3 is 6.01 Å². The Morgan fingerprint density at radius 3 is 2.33 bits per heavy atom. The summed E-state index contributed by atoms with van der Waals surface area (Å²) in [7, 11) is 0. The molecule has 0 fully saturated rings. The van der Waals surface area contributed by atoms with Crippen molar-refractivity contribution in [3.05, 3.63) is 53.6 Å². The zero-order valence-corrected chi connectivity index (χ0v) is 12.9. The van der Waals surface area contributed by atoms with Gasteiger partial charge in [0.2, 0.25) is 11.7 Å². The number of aromatic nitrogens is 6. The fourth-order valence-corrected chi connectivity index (χ4v) is 2.22. The number of halogens is 1. The van der Waals surface area contributed by atoms with E-state index in [0.29, 0.717) is 22.8 Å². The maximum absolute atomic E-state index is 5.87. The lowest BCUT2D eigenvalue weighted by Gasteiger charge is -2.01. The van der Waals surface area contributed by atoms with E-state index in [1.54, 1.807) is 12.1 Å². The van der Waals surface area contributed by atoms with Gasteiger partial charge in [-0.05, 0) is 53.7 Å². The van der Waals surface area contributed by atoms with Crippen LogP contribution in [0.15, 0.2) is 52.9 Å². The number of rotatable bonds is 4. The van der Waals surface area contributed by atoms with Crippen LogP contribution in [0.5, 0.6) is 0 Å². The molecule has 2 heterocycles. The van der Waals surface area contributed by atoms with Gasteiger partial charge in [0.05, 0.1) is 0 Å². The number of hydrogen-bond acceptors (Lipinski definition) is 7. The summed E-state index contributed by atoms with van der Waals surface area (Å²) in [6, 6.07) is 14.9. The predicted molar refractivity (Wildman–Crippen MR) is 87.6 cm³/mol. The molecule has 2 aromatic carbocycles. The van der Waals surface area contributed by atoms with Crippen LogP contribution in [0.3, 0.4) is 0 Å². The topological polar surface area (TPSA) is 105 Å². The number of nitrogens with one attached hydrogen (secondary N) is 2. The maximum atomic E-state index is 5.87. The van der Waals surface area contributed by atoms with Crippen LogP contribution in [0.4, 0.5) is 11.7 Å². The van der Waals surface area contributed by atoms with Gasteiger partial charge in [0.25, 0.3) is 0 Å². The standard InChI is InChI=1S/C15H10ClN7O/c16-11-5-1-10(2-6-11)14-20-21-15(24-14)17-12-7-3-9(4-8-12)13-18-22-23-19-13/h1-8H,(H,17,21)(H,18,19,22,23). The van der Waals surface area contributed by atoms with Gasteiger partial charge in [0.15, 0.2) is 0 Å². The molecule has 0 aliphatic heterocycles. The SMILES string of the molecule is Clc1ccc(-c2nnc(Nc3ccc(-c4nn[nH]n4)cc3)o2)cc1. The number of benzene rings is 2. The summed E-state index contributed by atoms with van der Waals surface area (Å²) in [6.45, 7) is 0. The lowest BCUT2D eigenvalue weighted by molar-refractivity contribution is 0.587. The van der Waals surface area contributed by atoms with Gasteiger partial charge in [-0.25, -0.2) is 0 Å². The monoisotopic (exact) mass is 339 g/mol. The van der Waals surface area contributed by atoms with Gasteiger partial charge in [-0.1, -0.05) is 16.7 Å². The first-order valence-electron chi connectivity index (χ1n) is 6.98. The molecule has 2 aromatic heterocycles. The van der Waals surface area contributed by atoms with Gasteiger partial charge in [-0.2, -0.15) is 5.21 Å². The third kappa shape index (κ3) is 2.95. The number of aromatic amines is 1. The van der Waals surface area contributed by atoms with Crippen LogP contribution in [0, 0.1) is 0 Å². The Bertz CT molecular complexity index is 933. The molecular formula is C15H10ClN7O. The van der Waals surface area contributed by atoms with Crippen molar-refractivity contribution in [1.29, 1.82) is 0 Å². The van der Waals surface area contributed by atoms with Crippen LogP contribution in [0.25, 0.3) is 22.8 Å². The van der Waals surface area contributed by atoms with Crippen LogP contribution in [0.1, 0.15) is 0 Å². The van der Waals surface area contributed by atoms with Crippen molar-refractivity contribution in [3.8, 4) is 22.8 Å². The number of anilines is 2.